The second-order valence-electron chi connectivity index (χ2n) is 5.90. The van der Waals surface area contributed by atoms with Crippen molar-refractivity contribution in [2.45, 2.75) is 25.3 Å². The van der Waals surface area contributed by atoms with Crippen molar-refractivity contribution >= 4 is 27.1 Å². The Morgan fingerprint density at radius 2 is 1.92 bits per heavy atom. The average Bonchev–Trinajstić information content (AvgIpc) is 2.64. The van der Waals surface area contributed by atoms with E-state index in [2.05, 4.69) is 5.32 Å². The van der Waals surface area contributed by atoms with Gasteiger partial charge < -0.3 is 20.5 Å². The molecule has 7 nitrogen and oxygen atoms in total. The van der Waals surface area contributed by atoms with Crippen LogP contribution >= 0.6 is 0 Å². The maximum Gasteiger partial charge on any atom is 0.245 e. The molecule has 3 rings (SSSR count). The molecule has 2 aromatic carbocycles. The van der Waals surface area contributed by atoms with Crippen molar-refractivity contribution in [3.8, 4) is 5.75 Å². The number of hydrogen-bond donors (Lipinski definition) is 2. The van der Waals surface area contributed by atoms with Crippen molar-refractivity contribution in [2.75, 3.05) is 30.9 Å². The summed E-state index contributed by atoms with van der Waals surface area (Å²) in [7, 11) is -3.65. The van der Waals surface area contributed by atoms with Gasteiger partial charge >= 0.3 is 0 Å². The molecule has 0 aromatic heterocycles. The second kappa shape index (κ2) is 7.53. The predicted molar refractivity (Wildman–Crippen MR) is 101 cm³/mol. The number of nitrogens with one attached hydrogen (secondary N) is 1. The van der Waals surface area contributed by atoms with E-state index in [-0.39, 0.29) is 11.7 Å². The molecule has 0 spiro atoms. The number of fused-ring (bicyclic) bond motifs is 1. The number of sulfonamides is 1. The number of anilines is 3. The standard InChI is InChI=1S/C18H23N3O4S/c1-3-21(4-2)26(22,23)18-10-14(19)5-7-16(18)20-15-6-8-17-13(9-15)11-24-12-25-17/h5-10,20H,3-4,11-12,19H2,1-2H3. The fraction of sp³-hybridized carbons (Fsp3) is 0.333. The zero-order valence-electron chi connectivity index (χ0n) is 14.9. The first-order valence-corrected chi connectivity index (χ1v) is 9.90. The Bertz CT molecular complexity index is 895. The Hall–Kier alpha value is -2.29. The smallest absolute Gasteiger partial charge is 0.245 e. The van der Waals surface area contributed by atoms with Crippen molar-refractivity contribution in [1.29, 1.82) is 0 Å². The number of ether oxygens (including phenoxy) is 2. The highest BCUT2D eigenvalue weighted by Gasteiger charge is 2.25. The van der Waals surface area contributed by atoms with E-state index in [0.717, 1.165) is 17.0 Å². The van der Waals surface area contributed by atoms with Gasteiger partial charge in [0, 0.05) is 30.0 Å². The molecule has 1 heterocycles. The van der Waals surface area contributed by atoms with Crippen LogP contribution in [0.4, 0.5) is 17.1 Å². The Morgan fingerprint density at radius 3 is 2.65 bits per heavy atom. The van der Waals surface area contributed by atoms with E-state index >= 15 is 0 Å². The Kier molecular flexibility index (Phi) is 5.36. The summed E-state index contributed by atoms with van der Waals surface area (Å²) in [6.07, 6.45) is 0. The fourth-order valence-corrected chi connectivity index (χ4v) is 4.52. The molecule has 26 heavy (non-hydrogen) atoms. The average molecular weight is 377 g/mol. The van der Waals surface area contributed by atoms with Gasteiger partial charge in [0.05, 0.1) is 12.3 Å². The highest BCUT2D eigenvalue weighted by atomic mass is 32.2. The molecule has 0 saturated heterocycles. The summed E-state index contributed by atoms with van der Waals surface area (Å²) >= 11 is 0. The first-order chi connectivity index (χ1) is 12.5. The van der Waals surface area contributed by atoms with Gasteiger partial charge in [0.25, 0.3) is 0 Å². The van der Waals surface area contributed by atoms with Gasteiger partial charge in [0.1, 0.15) is 10.6 Å². The molecule has 0 radical (unpaired) electrons. The minimum Gasteiger partial charge on any atom is -0.467 e. The molecule has 2 aromatic rings. The third-order valence-electron chi connectivity index (χ3n) is 4.22. The molecule has 1 aliphatic heterocycles. The SMILES string of the molecule is CCN(CC)S(=O)(=O)c1cc(N)ccc1Nc1ccc2c(c1)COCO2. The van der Waals surface area contributed by atoms with E-state index < -0.39 is 10.0 Å². The number of hydrogen-bond acceptors (Lipinski definition) is 6. The number of nitrogens with zero attached hydrogens (tertiary/aromatic N) is 1. The molecular weight excluding hydrogens is 354 g/mol. The van der Waals surface area contributed by atoms with E-state index in [1.54, 1.807) is 12.1 Å². The van der Waals surface area contributed by atoms with Gasteiger partial charge in [-0.05, 0) is 36.4 Å². The Labute approximate surface area is 153 Å². The van der Waals surface area contributed by atoms with Gasteiger partial charge in [-0.1, -0.05) is 13.8 Å². The molecule has 0 aliphatic carbocycles. The van der Waals surface area contributed by atoms with Gasteiger partial charge in [-0.2, -0.15) is 4.31 Å². The van der Waals surface area contributed by atoms with Crippen LogP contribution in [0.1, 0.15) is 19.4 Å². The van der Waals surface area contributed by atoms with E-state index in [0.29, 0.717) is 31.1 Å². The molecule has 0 fully saturated rings. The molecule has 140 valence electrons. The molecule has 0 atom stereocenters. The zero-order chi connectivity index (χ0) is 18.7. The van der Waals surface area contributed by atoms with E-state index in [1.807, 2.05) is 32.0 Å². The maximum atomic E-state index is 13.0. The number of rotatable bonds is 6. The number of benzene rings is 2. The van der Waals surface area contributed by atoms with Gasteiger partial charge in [-0.15, -0.1) is 0 Å². The molecular formula is C18H23N3O4S. The molecule has 0 unspecified atom stereocenters. The lowest BCUT2D eigenvalue weighted by Gasteiger charge is -2.22. The van der Waals surface area contributed by atoms with Crippen molar-refractivity contribution in [3.05, 3.63) is 42.0 Å². The van der Waals surface area contributed by atoms with Gasteiger partial charge in [0.2, 0.25) is 10.0 Å². The maximum absolute atomic E-state index is 13.0. The van der Waals surface area contributed by atoms with Crippen LogP contribution in [-0.4, -0.2) is 32.6 Å². The van der Waals surface area contributed by atoms with Crippen molar-refractivity contribution in [3.63, 3.8) is 0 Å². The van der Waals surface area contributed by atoms with Crippen LogP contribution in [0, 0.1) is 0 Å². The van der Waals surface area contributed by atoms with Gasteiger partial charge in [0.15, 0.2) is 6.79 Å². The van der Waals surface area contributed by atoms with E-state index in [1.165, 1.54) is 10.4 Å². The minimum atomic E-state index is -3.65. The third kappa shape index (κ3) is 3.62. The van der Waals surface area contributed by atoms with E-state index in [9.17, 15) is 8.42 Å². The van der Waals surface area contributed by atoms with Crippen LogP contribution in [-0.2, 0) is 21.4 Å². The molecule has 1 aliphatic rings. The number of nitrogen functional groups attached to an aromatic ring is 1. The minimum absolute atomic E-state index is 0.159. The predicted octanol–water partition coefficient (Wildman–Crippen LogP) is 2.91. The van der Waals surface area contributed by atoms with Gasteiger partial charge in [-0.3, -0.25) is 0 Å². The lowest BCUT2D eigenvalue weighted by Crippen LogP contribution is -2.31. The molecule has 0 saturated carbocycles. The van der Waals surface area contributed by atoms with Crippen LogP contribution in [0.5, 0.6) is 5.75 Å². The Balaban J connectivity index is 1.99. The first kappa shape index (κ1) is 18.5. The summed E-state index contributed by atoms with van der Waals surface area (Å²) in [6, 6.07) is 10.4. The first-order valence-electron chi connectivity index (χ1n) is 8.46. The van der Waals surface area contributed by atoms with Crippen LogP contribution in [0.3, 0.4) is 0 Å². The lowest BCUT2D eigenvalue weighted by atomic mass is 10.1. The fourth-order valence-electron chi connectivity index (χ4n) is 2.88. The van der Waals surface area contributed by atoms with Crippen molar-refractivity contribution in [1.82, 2.24) is 4.31 Å². The summed E-state index contributed by atoms with van der Waals surface area (Å²) in [6.45, 7) is 5.09. The summed E-state index contributed by atoms with van der Waals surface area (Å²) in [5, 5.41) is 3.19. The monoisotopic (exact) mass is 377 g/mol. The topological polar surface area (TPSA) is 93.9 Å². The Morgan fingerprint density at radius 1 is 1.15 bits per heavy atom. The van der Waals surface area contributed by atoms with Crippen molar-refractivity contribution < 1.29 is 17.9 Å². The van der Waals surface area contributed by atoms with Crippen molar-refractivity contribution in [2.24, 2.45) is 0 Å². The quantitative estimate of drug-likeness (QED) is 0.752. The third-order valence-corrected chi connectivity index (χ3v) is 6.31. The highest BCUT2D eigenvalue weighted by Crippen LogP contribution is 2.32. The molecule has 8 heteroatoms. The van der Waals surface area contributed by atoms with Crippen LogP contribution in [0.15, 0.2) is 41.3 Å². The lowest BCUT2D eigenvalue weighted by molar-refractivity contribution is -0.0163. The van der Waals surface area contributed by atoms with Crippen LogP contribution in [0.25, 0.3) is 0 Å². The molecule has 0 bridgehead atoms. The van der Waals surface area contributed by atoms with E-state index in [4.69, 9.17) is 15.2 Å². The summed E-state index contributed by atoms with van der Waals surface area (Å²) in [5.41, 5.74) is 8.38. The van der Waals surface area contributed by atoms with Crippen LogP contribution < -0.4 is 15.8 Å². The summed E-state index contributed by atoms with van der Waals surface area (Å²) < 4.78 is 38.1. The zero-order valence-corrected chi connectivity index (χ0v) is 15.7. The summed E-state index contributed by atoms with van der Waals surface area (Å²) in [5.74, 6) is 0.773. The number of nitrogens with two attached hydrogens (primary N) is 1. The molecule has 0 amide bonds. The highest BCUT2D eigenvalue weighted by molar-refractivity contribution is 7.89. The summed E-state index contributed by atoms with van der Waals surface area (Å²) in [4.78, 5) is 0.159. The van der Waals surface area contributed by atoms with Crippen LogP contribution in [0.2, 0.25) is 0 Å². The van der Waals surface area contributed by atoms with Gasteiger partial charge in [-0.25, -0.2) is 8.42 Å². The second-order valence-corrected chi connectivity index (χ2v) is 7.81. The largest absolute Gasteiger partial charge is 0.467 e. The normalized spacial score (nSPS) is 14.0. The molecule has 3 N–H and O–H groups in total.